The number of nitrogens with zero attached hydrogens (tertiary/aromatic N) is 3. The van der Waals surface area contributed by atoms with Crippen LogP contribution in [-0.4, -0.2) is 52.8 Å². The number of anilines is 2. The Bertz CT molecular complexity index is 1390. The van der Waals surface area contributed by atoms with Gasteiger partial charge in [-0.1, -0.05) is 0 Å². The minimum Gasteiger partial charge on any atom is -0.494 e. The van der Waals surface area contributed by atoms with Gasteiger partial charge in [-0.3, -0.25) is 19.3 Å². The first kappa shape index (κ1) is 28.0. The fourth-order valence-corrected chi connectivity index (χ4v) is 5.48. The molecule has 204 valence electrons. The van der Waals surface area contributed by atoms with Crippen LogP contribution in [0.5, 0.6) is 5.75 Å². The normalized spacial score (nSPS) is 14.3. The second kappa shape index (κ2) is 12.3. The van der Waals surface area contributed by atoms with Gasteiger partial charge in [0, 0.05) is 41.5 Å². The van der Waals surface area contributed by atoms with E-state index in [9.17, 15) is 14.4 Å². The molecule has 1 N–H and O–H groups in total. The lowest BCUT2D eigenvalue weighted by atomic mass is 10.2. The Labute approximate surface area is 233 Å². The van der Waals surface area contributed by atoms with Gasteiger partial charge in [0.15, 0.2) is 0 Å². The molecule has 0 spiro atoms. The number of aryl methyl sites for hydroxylation is 1. The molecule has 0 aliphatic carbocycles. The van der Waals surface area contributed by atoms with Crippen molar-refractivity contribution in [3.05, 3.63) is 76.5 Å². The van der Waals surface area contributed by atoms with Crippen LogP contribution in [0.3, 0.4) is 0 Å². The molecule has 1 aliphatic rings. The molecule has 39 heavy (non-hydrogen) atoms. The summed E-state index contributed by atoms with van der Waals surface area (Å²) in [4.78, 5) is 41.8. The van der Waals surface area contributed by atoms with E-state index in [2.05, 4.69) is 52.9 Å². The maximum atomic E-state index is 13.1. The van der Waals surface area contributed by atoms with E-state index in [1.165, 1.54) is 5.69 Å². The van der Waals surface area contributed by atoms with Gasteiger partial charge in [-0.15, -0.1) is 0 Å². The predicted octanol–water partition coefficient (Wildman–Crippen LogP) is 6.01. The van der Waals surface area contributed by atoms with Gasteiger partial charge in [0.25, 0.3) is 11.1 Å². The molecule has 3 aromatic rings. The first-order valence-electron chi connectivity index (χ1n) is 13.1. The van der Waals surface area contributed by atoms with Crippen molar-refractivity contribution in [2.45, 2.75) is 34.6 Å². The summed E-state index contributed by atoms with van der Waals surface area (Å²) >= 11 is 0.849. The van der Waals surface area contributed by atoms with Gasteiger partial charge in [0.05, 0.1) is 11.5 Å². The smallest absolute Gasteiger partial charge is 0.294 e. The van der Waals surface area contributed by atoms with E-state index in [4.69, 9.17) is 4.74 Å². The third kappa shape index (κ3) is 6.20. The fraction of sp³-hybridized carbons (Fsp3) is 0.300. The van der Waals surface area contributed by atoms with Crippen molar-refractivity contribution in [2.75, 3.05) is 36.5 Å². The Kier molecular flexibility index (Phi) is 8.81. The van der Waals surface area contributed by atoms with Crippen molar-refractivity contribution in [2.24, 2.45) is 0 Å². The number of aromatic nitrogens is 1. The fourth-order valence-electron chi connectivity index (χ4n) is 4.66. The van der Waals surface area contributed by atoms with Crippen LogP contribution in [0, 0.1) is 13.8 Å². The van der Waals surface area contributed by atoms with Crippen LogP contribution in [0.4, 0.5) is 16.2 Å². The molecular weight excluding hydrogens is 512 g/mol. The van der Waals surface area contributed by atoms with Crippen LogP contribution in [-0.2, 0) is 9.59 Å². The average molecular weight is 547 g/mol. The predicted molar refractivity (Wildman–Crippen MR) is 158 cm³/mol. The number of thioether (sulfide) groups is 1. The highest BCUT2D eigenvalue weighted by molar-refractivity contribution is 8.18. The van der Waals surface area contributed by atoms with Crippen LogP contribution < -0.4 is 15.0 Å². The number of imide groups is 1. The SMILES string of the molecule is CCOc1ccc(NC(=O)CN2C(=O)S/C(=C/c3cc(C)n(-c4ccc(N(CC)CC)cc4)c3C)C2=O)cc1. The summed E-state index contributed by atoms with van der Waals surface area (Å²) < 4.78 is 7.53. The molecule has 4 rings (SSSR count). The number of hydrogen-bond donors (Lipinski definition) is 1. The quantitative estimate of drug-likeness (QED) is 0.314. The van der Waals surface area contributed by atoms with Crippen LogP contribution in [0.2, 0.25) is 0 Å². The number of amides is 3. The Morgan fingerprint density at radius 1 is 1.00 bits per heavy atom. The third-order valence-electron chi connectivity index (χ3n) is 6.62. The van der Waals surface area contributed by atoms with Crippen LogP contribution in [0.25, 0.3) is 11.8 Å². The first-order valence-corrected chi connectivity index (χ1v) is 13.9. The molecule has 3 amide bonds. The van der Waals surface area contributed by atoms with Crippen molar-refractivity contribution < 1.29 is 19.1 Å². The first-order chi connectivity index (χ1) is 18.7. The van der Waals surface area contributed by atoms with Crippen LogP contribution in [0.15, 0.2) is 59.5 Å². The van der Waals surface area contributed by atoms with Crippen molar-refractivity contribution in [3.8, 4) is 11.4 Å². The number of ether oxygens (including phenoxy) is 1. The van der Waals surface area contributed by atoms with Gasteiger partial charge >= 0.3 is 0 Å². The summed E-state index contributed by atoms with van der Waals surface area (Å²) in [5, 5.41) is 2.26. The van der Waals surface area contributed by atoms with Gasteiger partial charge in [-0.25, -0.2) is 0 Å². The summed E-state index contributed by atoms with van der Waals surface area (Å²) in [5.41, 5.74) is 5.59. The van der Waals surface area contributed by atoms with Gasteiger partial charge in [0.1, 0.15) is 12.3 Å². The molecule has 0 unspecified atom stereocenters. The number of nitrogens with one attached hydrogen (secondary N) is 1. The van der Waals surface area contributed by atoms with E-state index in [1.807, 2.05) is 26.8 Å². The highest BCUT2D eigenvalue weighted by Gasteiger charge is 2.36. The maximum absolute atomic E-state index is 13.1. The molecule has 1 aromatic heterocycles. The van der Waals surface area contributed by atoms with Crippen LogP contribution >= 0.6 is 11.8 Å². The second-order valence-corrected chi connectivity index (χ2v) is 10.1. The molecule has 2 heterocycles. The van der Waals surface area contributed by atoms with Crippen molar-refractivity contribution in [3.63, 3.8) is 0 Å². The highest BCUT2D eigenvalue weighted by atomic mass is 32.2. The zero-order valence-electron chi connectivity index (χ0n) is 23.0. The third-order valence-corrected chi connectivity index (χ3v) is 7.53. The zero-order valence-corrected chi connectivity index (χ0v) is 23.8. The Hall–Kier alpha value is -3.98. The van der Waals surface area contributed by atoms with Gasteiger partial charge < -0.3 is 19.5 Å². The van der Waals surface area contributed by atoms with E-state index in [0.717, 1.165) is 52.4 Å². The summed E-state index contributed by atoms with van der Waals surface area (Å²) in [7, 11) is 0. The van der Waals surface area contributed by atoms with E-state index in [-0.39, 0.29) is 6.54 Å². The Balaban J connectivity index is 1.47. The van der Waals surface area contributed by atoms with E-state index in [1.54, 1.807) is 30.3 Å². The lowest BCUT2D eigenvalue weighted by Gasteiger charge is -2.21. The number of benzene rings is 2. The van der Waals surface area contributed by atoms with E-state index >= 15 is 0 Å². The molecule has 0 bridgehead atoms. The Morgan fingerprint density at radius 3 is 2.28 bits per heavy atom. The van der Waals surface area contributed by atoms with Gasteiger partial charge in [-0.05, 0) is 113 Å². The monoisotopic (exact) mass is 546 g/mol. The lowest BCUT2D eigenvalue weighted by molar-refractivity contribution is -0.127. The molecular formula is C30H34N4O4S. The summed E-state index contributed by atoms with van der Waals surface area (Å²) in [6.45, 7) is 12.3. The summed E-state index contributed by atoms with van der Waals surface area (Å²) in [6, 6.07) is 17.3. The molecule has 0 atom stereocenters. The standard InChI is InChI=1S/C30H34N4O4S/c1-6-32(7-2)24-11-13-25(14-12-24)34-20(4)17-22(21(34)5)18-27-29(36)33(30(37)39-27)19-28(35)31-23-9-15-26(16-10-23)38-8-3/h9-18H,6-8,19H2,1-5H3,(H,31,35)/b27-18+. The minimum absolute atomic E-state index is 0.297. The molecule has 1 saturated heterocycles. The van der Waals surface area contributed by atoms with Gasteiger partial charge in [-0.2, -0.15) is 0 Å². The largest absolute Gasteiger partial charge is 0.494 e. The van der Waals surface area contributed by atoms with Crippen molar-refractivity contribution >= 4 is 46.3 Å². The zero-order chi connectivity index (χ0) is 28.1. The number of rotatable bonds is 10. The second-order valence-electron chi connectivity index (χ2n) is 9.12. The molecule has 1 aliphatic heterocycles. The lowest BCUT2D eigenvalue weighted by Crippen LogP contribution is -2.36. The van der Waals surface area contributed by atoms with E-state index < -0.39 is 17.1 Å². The molecule has 2 aromatic carbocycles. The highest BCUT2D eigenvalue weighted by Crippen LogP contribution is 2.34. The molecule has 0 saturated carbocycles. The number of carbonyl (C=O) groups excluding carboxylic acids is 3. The summed E-state index contributed by atoms with van der Waals surface area (Å²) in [5.74, 6) is -0.225. The molecule has 1 fully saturated rings. The Morgan fingerprint density at radius 2 is 1.67 bits per heavy atom. The molecule has 0 radical (unpaired) electrons. The van der Waals surface area contributed by atoms with Gasteiger partial charge in [0.2, 0.25) is 5.91 Å². The topological polar surface area (TPSA) is 83.9 Å². The van der Waals surface area contributed by atoms with Crippen molar-refractivity contribution in [1.29, 1.82) is 0 Å². The molecule has 8 nitrogen and oxygen atoms in total. The molecule has 9 heteroatoms. The maximum Gasteiger partial charge on any atom is 0.294 e. The minimum atomic E-state index is -0.472. The van der Waals surface area contributed by atoms with Crippen LogP contribution in [0.1, 0.15) is 37.7 Å². The van der Waals surface area contributed by atoms with Crippen molar-refractivity contribution in [1.82, 2.24) is 9.47 Å². The summed E-state index contributed by atoms with van der Waals surface area (Å²) in [6.07, 6.45) is 1.73. The van der Waals surface area contributed by atoms with E-state index in [0.29, 0.717) is 22.9 Å². The average Bonchev–Trinajstić information content (AvgIpc) is 3.35. The number of carbonyl (C=O) groups is 3. The number of hydrogen-bond acceptors (Lipinski definition) is 6.